The molecule has 25 heavy (non-hydrogen) atoms. The van der Waals surface area contributed by atoms with E-state index >= 15 is 0 Å². The van der Waals surface area contributed by atoms with Crippen molar-refractivity contribution in [1.29, 1.82) is 0 Å². The molecule has 0 amide bonds. The second-order valence-corrected chi connectivity index (χ2v) is 7.17. The van der Waals surface area contributed by atoms with Crippen molar-refractivity contribution in [2.45, 2.75) is 78.6 Å². The highest BCUT2D eigenvalue weighted by molar-refractivity contribution is 6.64. The molecule has 0 aliphatic heterocycles. The summed E-state index contributed by atoms with van der Waals surface area (Å²) in [5.41, 5.74) is -2.08. The highest BCUT2D eigenvalue weighted by Gasteiger charge is 2.44. The summed E-state index contributed by atoms with van der Waals surface area (Å²) in [5, 5.41) is -0.566. The Hall–Kier alpha value is -1.14. The molecular formula is C18H31ClO6. The lowest BCUT2D eigenvalue weighted by Crippen LogP contribution is -2.48. The molecule has 146 valence electrons. The summed E-state index contributed by atoms with van der Waals surface area (Å²) >= 11 is 5.58. The van der Waals surface area contributed by atoms with Crippen LogP contribution in [0.25, 0.3) is 0 Å². The van der Waals surface area contributed by atoms with E-state index in [-0.39, 0.29) is 0 Å². The van der Waals surface area contributed by atoms with Gasteiger partial charge in [-0.2, -0.15) is 0 Å². The fraction of sp³-hybridized carbons (Fsp3) is 0.833. The predicted octanol–water partition coefficient (Wildman–Crippen LogP) is 3.48. The van der Waals surface area contributed by atoms with Crippen LogP contribution in [0, 0.1) is 11.8 Å². The van der Waals surface area contributed by atoms with Crippen LogP contribution in [0.4, 0.5) is 0 Å². The molecule has 7 heteroatoms. The van der Waals surface area contributed by atoms with E-state index in [1.54, 1.807) is 34.6 Å². The van der Waals surface area contributed by atoms with Gasteiger partial charge in [-0.1, -0.05) is 20.8 Å². The van der Waals surface area contributed by atoms with Crippen LogP contribution in [0.1, 0.15) is 61.3 Å². The van der Waals surface area contributed by atoms with Gasteiger partial charge in [0, 0.05) is 7.11 Å². The summed E-state index contributed by atoms with van der Waals surface area (Å²) in [6.45, 7) is 11.8. The van der Waals surface area contributed by atoms with E-state index in [1.807, 2.05) is 13.8 Å². The van der Waals surface area contributed by atoms with Crippen molar-refractivity contribution in [2.24, 2.45) is 11.8 Å². The van der Waals surface area contributed by atoms with Crippen LogP contribution >= 0.6 is 11.6 Å². The van der Waals surface area contributed by atoms with Crippen molar-refractivity contribution in [3.05, 3.63) is 0 Å². The third kappa shape index (κ3) is 5.96. The maximum atomic E-state index is 12.7. The Kier molecular flexibility index (Phi) is 9.09. The predicted molar refractivity (Wildman–Crippen MR) is 95.2 cm³/mol. The van der Waals surface area contributed by atoms with E-state index in [0.717, 1.165) is 0 Å². The Bertz CT molecular complexity index is 494. The molecular weight excluding hydrogens is 348 g/mol. The van der Waals surface area contributed by atoms with Gasteiger partial charge in [0.1, 0.15) is 11.2 Å². The van der Waals surface area contributed by atoms with Gasteiger partial charge in [0.15, 0.2) is 6.10 Å². The molecule has 0 fully saturated rings. The van der Waals surface area contributed by atoms with Crippen LogP contribution in [0.15, 0.2) is 0 Å². The smallest absolute Gasteiger partial charge is 0.335 e. The number of esters is 2. The van der Waals surface area contributed by atoms with Gasteiger partial charge in [-0.3, -0.25) is 9.59 Å². The molecule has 0 heterocycles. The van der Waals surface area contributed by atoms with Gasteiger partial charge in [-0.05, 0) is 52.1 Å². The maximum Gasteiger partial charge on any atom is 0.335 e. The summed E-state index contributed by atoms with van der Waals surface area (Å²) in [5.74, 6) is -2.47. The first-order valence-corrected chi connectivity index (χ1v) is 8.94. The van der Waals surface area contributed by atoms with E-state index < -0.39 is 46.3 Å². The molecule has 0 saturated heterocycles. The Labute approximate surface area is 155 Å². The van der Waals surface area contributed by atoms with Crippen molar-refractivity contribution < 1.29 is 28.6 Å². The standard InChI is InChI=1S/C18H31ClO6/c1-9-17(6,11(3)14(19)20)24-15(21)12(4)18(7,10-2)25-16(22)13(5)23-8/h11-13H,9-10H2,1-8H3. The van der Waals surface area contributed by atoms with E-state index in [9.17, 15) is 14.4 Å². The Morgan fingerprint density at radius 1 is 0.880 bits per heavy atom. The fourth-order valence-corrected chi connectivity index (χ4v) is 2.38. The Morgan fingerprint density at radius 3 is 1.64 bits per heavy atom. The average molecular weight is 379 g/mol. The second kappa shape index (κ2) is 9.53. The molecule has 5 unspecified atom stereocenters. The van der Waals surface area contributed by atoms with E-state index in [0.29, 0.717) is 12.8 Å². The molecule has 0 saturated carbocycles. The fourth-order valence-electron chi connectivity index (χ4n) is 2.15. The van der Waals surface area contributed by atoms with Crippen molar-refractivity contribution in [2.75, 3.05) is 7.11 Å². The third-order valence-corrected chi connectivity index (χ3v) is 5.61. The SMILES string of the molecule is CCC(C)(OC(=O)C(C)C(C)(CC)OC(=O)C(C)OC)C(C)C(=O)Cl. The first-order valence-electron chi connectivity index (χ1n) is 8.56. The first-order chi connectivity index (χ1) is 11.4. The maximum absolute atomic E-state index is 12.7. The van der Waals surface area contributed by atoms with E-state index in [1.165, 1.54) is 7.11 Å². The van der Waals surface area contributed by atoms with Crippen molar-refractivity contribution in [1.82, 2.24) is 0 Å². The number of ether oxygens (including phenoxy) is 3. The van der Waals surface area contributed by atoms with Gasteiger partial charge in [0.25, 0.3) is 0 Å². The van der Waals surface area contributed by atoms with E-state index in [4.69, 9.17) is 25.8 Å². The number of halogens is 1. The van der Waals surface area contributed by atoms with Gasteiger partial charge in [-0.15, -0.1) is 0 Å². The highest BCUT2D eigenvalue weighted by atomic mass is 35.5. The summed E-state index contributed by atoms with van der Waals surface area (Å²) in [4.78, 5) is 36.2. The zero-order valence-corrected chi connectivity index (χ0v) is 17.2. The van der Waals surface area contributed by atoms with Crippen LogP contribution < -0.4 is 0 Å². The summed E-state index contributed by atoms with van der Waals surface area (Å²) < 4.78 is 16.1. The lowest BCUT2D eigenvalue weighted by molar-refractivity contribution is -0.189. The normalized spacial score (nSPS) is 19.7. The lowest BCUT2D eigenvalue weighted by Gasteiger charge is -2.38. The number of rotatable bonds is 10. The van der Waals surface area contributed by atoms with Crippen molar-refractivity contribution >= 4 is 28.8 Å². The molecule has 6 nitrogen and oxygen atoms in total. The van der Waals surface area contributed by atoms with Crippen molar-refractivity contribution in [3.63, 3.8) is 0 Å². The van der Waals surface area contributed by atoms with Crippen LogP contribution in [-0.4, -0.2) is 41.6 Å². The van der Waals surface area contributed by atoms with E-state index in [2.05, 4.69) is 0 Å². The largest absolute Gasteiger partial charge is 0.458 e. The van der Waals surface area contributed by atoms with Gasteiger partial charge in [0.2, 0.25) is 5.24 Å². The summed E-state index contributed by atoms with van der Waals surface area (Å²) in [6, 6.07) is 0. The molecule has 0 rings (SSSR count). The monoisotopic (exact) mass is 378 g/mol. The summed E-state index contributed by atoms with van der Waals surface area (Å²) in [7, 11) is 1.41. The molecule has 0 bridgehead atoms. The topological polar surface area (TPSA) is 78.9 Å². The number of carbonyl (C=O) groups excluding carboxylic acids is 3. The minimum absolute atomic E-state index is 0.415. The Morgan fingerprint density at radius 2 is 1.28 bits per heavy atom. The zero-order chi connectivity index (χ0) is 20.0. The molecule has 0 aromatic carbocycles. The van der Waals surface area contributed by atoms with Crippen LogP contribution in [0.2, 0.25) is 0 Å². The molecule has 0 aliphatic carbocycles. The molecule has 0 spiro atoms. The number of methoxy groups -OCH3 is 1. The first kappa shape index (κ1) is 23.9. The average Bonchev–Trinajstić information content (AvgIpc) is 2.58. The molecule has 0 aromatic rings. The molecule has 0 radical (unpaired) electrons. The number of carbonyl (C=O) groups is 3. The van der Waals surface area contributed by atoms with Gasteiger partial charge >= 0.3 is 11.9 Å². The summed E-state index contributed by atoms with van der Waals surface area (Å²) in [6.07, 6.45) is 0.107. The van der Waals surface area contributed by atoms with Crippen LogP contribution in [0.5, 0.6) is 0 Å². The highest BCUT2D eigenvalue weighted by Crippen LogP contribution is 2.33. The quantitative estimate of drug-likeness (QED) is 0.427. The number of hydrogen-bond acceptors (Lipinski definition) is 6. The third-order valence-electron chi connectivity index (χ3n) is 5.28. The van der Waals surface area contributed by atoms with Crippen molar-refractivity contribution in [3.8, 4) is 0 Å². The molecule has 0 aromatic heterocycles. The van der Waals surface area contributed by atoms with Crippen LogP contribution in [0.3, 0.4) is 0 Å². The van der Waals surface area contributed by atoms with Gasteiger partial charge < -0.3 is 14.2 Å². The van der Waals surface area contributed by atoms with Gasteiger partial charge in [-0.25, -0.2) is 4.79 Å². The molecule has 5 atom stereocenters. The Balaban J connectivity index is 5.33. The molecule has 0 N–H and O–H groups in total. The second-order valence-electron chi connectivity index (χ2n) is 6.80. The van der Waals surface area contributed by atoms with Gasteiger partial charge in [0.05, 0.1) is 11.8 Å². The van der Waals surface area contributed by atoms with Crippen LogP contribution in [-0.2, 0) is 28.6 Å². The minimum Gasteiger partial charge on any atom is -0.458 e. The number of hydrogen-bond donors (Lipinski definition) is 0. The lowest BCUT2D eigenvalue weighted by atomic mass is 9.86. The zero-order valence-electron chi connectivity index (χ0n) is 16.5. The molecule has 0 aliphatic rings. The minimum atomic E-state index is -1.05.